The highest BCUT2D eigenvalue weighted by atomic mass is 16.6. The normalized spacial score (nSPS) is 11.7. The zero-order chi connectivity index (χ0) is 19.8. The molecule has 1 atom stereocenters. The van der Waals surface area contributed by atoms with E-state index in [0.29, 0.717) is 12.3 Å². The van der Waals surface area contributed by atoms with E-state index < -0.39 is 4.92 Å². The topological polar surface area (TPSA) is 95.1 Å². The summed E-state index contributed by atoms with van der Waals surface area (Å²) in [5.74, 6) is 0.0225. The first-order valence-corrected chi connectivity index (χ1v) is 8.49. The largest absolute Gasteiger partial charge is 0.496 e. The summed E-state index contributed by atoms with van der Waals surface area (Å²) in [7, 11) is 5.45. The third kappa shape index (κ3) is 5.68. The lowest BCUT2D eigenvalue weighted by Gasteiger charge is -2.22. The van der Waals surface area contributed by atoms with Gasteiger partial charge in [0, 0.05) is 5.56 Å². The van der Waals surface area contributed by atoms with Crippen molar-refractivity contribution in [2.24, 2.45) is 0 Å². The van der Waals surface area contributed by atoms with Crippen LogP contribution in [0.15, 0.2) is 48.5 Å². The molecule has 0 unspecified atom stereocenters. The first-order valence-electron chi connectivity index (χ1n) is 8.49. The fourth-order valence-electron chi connectivity index (χ4n) is 2.64. The third-order valence-electron chi connectivity index (χ3n) is 4.12. The van der Waals surface area contributed by atoms with Gasteiger partial charge in [0.2, 0.25) is 0 Å². The standard InChI is InChI=1S/C19H23N3O5/c1-21(2)17(14-7-5-4-6-8-14)12-20-19(23)13-27-18-10-9-15(26-3)11-16(18)22(24)25/h4-11,17H,12-13H2,1-3H3,(H,20,23)/p+1/t17-/m1/s1. The summed E-state index contributed by atoms with van der Waals surface area (Å²) in [6.07, 6.45) is 0. The Bertz CT molecular complexity index is 780. The van der Waals surface area contributed by atoms with E-state index in [1.807, 2.05) is 44.4 Å². The van der Waals surface area contributed by atoms with Crippen molar-refractivity contribution >= 4 is 11.6 Å². The van der Waals surface area contributed by atoms with Gasteiger partial charge in [-0.25, -0.2) is 0 Å². The maximum Gasteiger partial charge on any atom is 0.314 e. The fourth-order valence-corrected chi connectivity index (χ4v) is 2.64. The van der Waals surface area contributed by atoms with Gasteiger partial charge in [-0.15, -0.1) is 0 Å². The van der Waals surface area contributed by atoms with E-state index in [4.69, 9.17) is 9.47 Å². The zero-order valence-electron chi connectivity index (χ0n) is 15.6. The molecule has 0 aliphatic rings. The second-order valence-corrected chi connectivity index (χ2v) is 6.22. The number of nitrogens with zero attached hydrogens (tertiary/aromatic N) is 1. The van der Waals surface area contributed by atoms with E-state index in [-0.39, 0.29) is 30.0 Å². The number of carbonyl (C=O) groups excluding carboxylic acids is 1. The Hall–Kier alpha value is -3.13. The Balaban J connectivity index is 1.95. The van der Waals surface area contributed by atoms with E-state index >= 15 is 0 Å². The van der Waals surface area contributed by atoms with Crippen molar-refractivity contribution < 1.29 is 24.1 Å². The van der Waals surface area contributed by atoms with Gasteiger partial charge < -0.3 is 19.7 Å². The molecule has 0 aliphatic heterocycles. The second-order valence-electron chi connectivity index (χ2n) is 6.22. The molecule has 0 fully saturated rings. The summed E-state index contributed by atoms with van der Waals surface area (Å²) < 4.78 is 10.3. The average Bonchev–Trinajstić information content (AvgIpc) is 2.66. The van der Waals surface area contributed by atoms with Crippen LogP contribution in [0.5, 0.6) is 11.5 Å². The Labute approximate surface area is 157 Å². The quantitative estimate of drug-likeness (QED) is 0.504. The summed E-state index contributed by atoms with van der Waals surface area (Å²) in [6.45, 7) is 0.122. The van der Waals surface area contributed by atoms with Gasteiger partial charge in [0.1, 0.15) is 11.8 Å². The molecule has 0 bridgehead atoms. The average molecular weight is 374 g/mol. The minimum atomic E-state index is -0.573. The summed E-state index contributed by atoms with van der Waals surface area (Å²) in [4.78, 5) is 23.9. The van der Waals surface area contributed by atoms with Crippen molar-refractivity contribution in [1.82, 2.24) is 5.32 Å². The minimum absolute atomic E-state index is 0.0220. The number of nitro benzene ring substituents is 1. The van der Waals surface area contributed by atoms with Crippen LogP contribution in [-0.2, 0) is 4.79 Å². The van der Waals surface area contributed by atoms with E-state index in [9.17, 15) is 14.9 Å². The highest BCUT2D eigenvalue weighted by Crippen LogP contribution is 2.30. The predicted octanol–water partition coefficient (Wildman–Crippen LogP) is 0.984. The van der Waals surface area contributed by atoms with Gasteiger partial charge in [-0.1, -0.05) is 30.3 Å². The third-order valence-corrected chi connectivity index (χ3v) is 4.12. The van der Waals surface area contributed by atoms with Gasteiger partial charge in [-0.3, -0.25) is 14.9 Å². The van der Waals surface area contributed by atoms with Crippen LogP contribution in [0.25, 0.3) is 0 Å². The number of nitro groups is 1. The number of hydrogen-bond donors (Lipinski definition) is 2. The summed E-state index contributed by atoms with van der Waals surface area (Å²) in [5, 5.41) is 14.0. The van der Waals surface area contributed by atoms with Gasteiger partial charge in [0.15, 0.2) is 12.4 Å². The molecular formula is C19H24N3O5+. The first-order chi connectivity index (χ1) is 12.9. The van der Waals surface area contributed by atoms with Crippen LogP contribution in [0.1, 0.15) is 11.6 Å². The molecular weight excluding hydrogens is 350 g/mol. The molecule has 8 heteroatoms. The summed E-state index contributed by atoms with van der Waals surface area (Å²) in [6, 6.07) is 14.2. The summed E-state index contributed by atoms with van der Waals surface area (Å²) in [5.41, 5.74) is 0.867. The number of benzene rings is 2. The Morgan fingerprint density at radius 3 is 2.52 bits per heavy atom. The molecule has 0 spiro atoms. The number of hydrogen-bond acceptors (Lipinski definition) is 5. The smallest absolute Gasteiger partial charge is 0.314 e. The number of likely N-dealkylation sites (N-methyl/N-ethyl adjacent to an activating group) is 1. The molecule has 2 aromatic carbocycles. The number of nitrogens with one attached hydrogen (secondary N) is 2. The Morgan fingerprint density at radius 2 is 1.93 bits per heavy atom. The van der Waals surface area contributed by atoms with Crippen LogP contribution >= 0.6 is 0 Å². The van der Waals surface area contributed by atoms with Gasteiger partial charge in [0.05, 0.1) is 38.7 Å². The zero-order valence-corrected chi connectivity index (χ0v) is 15.6. The summed E-state index contributed by atoms with van der Waals surface area (Å²) >= 11 is 0. The van der Waals surface area contributed by atoms with E-state index in [0.717, 1.165) is 5.56 Å². The van der Waals surface area contributed by atoms with Gasteiger partial charge in [-0.2, -0.15) is 0 Å². The molecule has 2 N–H and O–H groups in total. The molecule has 0 aromatic heterocycles. The fraction of sp³-hybridized carbons (Fsp3) is 0.316. The molecule has 2 rings (SSSR count). The predicted molar refractivity (Wildman–Crippen MR) is 100 cm³/mol. The van der Waals surface area contributed by atoms with Crippen molar-refractivity contribution in [2.75, 3.05) is 34.4 Å². The van der Waals surface area contributed by atoms with Crippen LogP contribution in [0, 0.1) is 10.1 Å². The van der Waals surface area contributed by atoms with Crippen molar-refractivity contribution in [3.8, 4) is 11.5 Å². The van der Waals surface area contributed by atoms with E-state index in [1.165, 1.54) is 24.1 Å². The van der Waals surface area contributed by atoms with E-state index in [1.54, 1.807) is 6.07 Å². The molecule has 8 nitrogen and oxygen atoms in total. The molecule has 0 saturated heterocycles. The minimum Gasteiger partial charge on any atom is -0.496 e. The number of amides is 1. The SMILES string of the molecule is COc1ccc(OCC(=O)NC[C@H](c2ccccc2)[NH+](C)C)c([N+](=O)[O-])c1. The highest BCUT2D eigenvalue weighted by Gasteiger charge is 2.20. The monoisotopic (exact) mass is 374 g/mol. The first kappa shape index (κ1) is 20.2. The van der Waals surface area contributed by atoms with Gasteiger partial charge in [-0.05, 0) is 12.1 Å². The molecule has 27 heavy (non-hydrogen) atoms. The highest BCUT2D eigenvalue weighted by molar-refractivity contribution is 5.77. The van der Waals surface area contributed by atoms with Crippen molar-refractivity contribution in [3.05, 3.63) is 64.2 Å². The van der Waals surface area contributed by atoms with Crippen LogP contribution in [0.2, 0.25) is 0 Å². The van der Waals surface area contributed by atoms with Crippen LogP contribution < -0.4 is 19.7 Å². The molecule has 144 valence electrons. The maximum atomic E-state index is 12.1. The molecule has 2 aromatic rings. The number of carbonyl (C=O) groups is 1. The Kier molecular flexibility index (Phi) is 7.13. The second kappa shape index (κ2) is 9.54. The lowest BCUT2D eigenvalue weighted by atomic mass is 10.1. The van der Waals surface area contributed by atoms with Crippen LogP contribution in [-0.4, -0.2) is 45.2 Å². The number of ether oxygens (including phenoxy) is 2. The van der Waals surface area contributed by atoms with Crippen molar-refractivity contribution in [1.29, 1.82) is 0 Å². The molecule has 0 radical (unpaired) electrons. The molecule has 0 aliphatic carbocycles. The van der Waals surface area contributed by atoms with Gasteiger partial charge >= 0.3 is 5.69 Å². The van der Waals surface area contributed by atoms with E-state index in [2.05, 4.69) is 5.32 Å². The van der Waals surface area contributed by atoms with Gasteiger partial charge in [0.25, 0.3) is 5.91 Å². The van der Waals surface area contributed by atoms with Crippen LogP contribution in [0.4, 0.5) is 5.69 Å². The molecule has 1 amide bonds. The van der Waals surface area contributed by atoms with Crippen LogP contribution in [0.3, 0.4) is 0 Å². The number of rotatable bonds is 9. The number of quaternary nitrogens is 1. The molecule has 0 saturated carbocycles. The van der Waals surface area contributed by atoms with Crippen molar-refractivity contribution in [2.45, 2.75) is 6.04 Å². The molecule has 0 heterocycles. The Morgan fingerprint density at radius 1 is 1.22 bits per heavy atom. The maximum absolute atomic E-state index is 12.1. The number of methoxy groups -OCH3 is 1. The van der Waals surface area contributed by atoms with Crippen molar-refractivity contribution in [3.63, 3.8) is 0 Å². The lowest BCUT2D eigenvalue weighted by Crippen LogP contribution is -3.07. The lowest BCUT2D eigenvalue weighted by molar-refractivity contribution is -0.890.